The van der Waals surface area contributed by atoms with Gasteiger partial charge in [0.05, 0.1) is 10.7 Å². The molecule has 1 N–H and O–H groups in total. The molecule has 0 atom stereocenters. The van der Waals surface area contributed by atoms with E-state index in [2.05, 4.69) is 51.3 Å². The summed E-state index contributed by atoms with van der Waals surface area (Å²) in [5.74, 6) is -0.304. The van der Waals surface area contributed by atoms with Gasteiger partial charge in [-0.3, -0.25) is 9.69 Å². The first-order valence-electron chi connectivity index (χ1n) is 11.5. The van der Waals surface area contributed by atoms with Crippen molar-refractivity contribution in [2.24, 2.45) is 0 Å². The standard InChI is InChI=1S/C26H31FN4OS/c1-19-5-3-6-23(17-19)31-15-13-30(14-16-31)12-4-11-28-26(32)25-20(2)29-24(33-25)18-21-7-9-22(27)10-8-21/h3,5-10,17H,4,11-16,18H2,1-2H3,(H,28,32). The number of halogens is 1. The van der Waals surface area contributed by atoms with E-state index in [-0.39, 0.29) is 11.7 Å². The molecular weight excluding hydrogens is 435 g/mol. The zero-order valence-electron chi connectivity index (χ0n) is 19.3. The summed E-state index contributed by atoms with van der Waals surface area (Å²) in [4.78, 5) is 22.8. The molecule has 1 aliphatic heterocycles. The Morgan fingerprint density at radius 2 is 1.85 bits per heavy atom. The number of aromatic nitrogens is 1. The molecule has 5 nitrogen and oxygen atoms in total. The summed E-state index contributed by atoms with van der Waals surface area (Å²) in [6.45, 7) is 9.80. The number of thiazole rings is 1. The molecule has 2 aromatic carbocycles. The van der Waals surface area contributed by atoms with Gasteiger partial charge in [0.2, 0.25) is 0 Å². The minimum absolute atomic E-state index is 0.0559. The average molecular weight is 467 g/mol. The third-order valence-electron chi connectivity index (χ3n) is 5.99. The van der Waals surface area contributed by atoms with Gasteiger partial charge < -0.3 is 10.2 Å². The Morgan fingerprint density at radius 3 is 2.58 bits per heavy atom. The van der Waals surface area contributed by atoms with Crippen LogP contribution in [0.15, 0.2) is 48.5 Å². The maximum Gasteiger partial charge on any atom is 0.263 e. The molecule has 1 amide bonds. The van der Waals surface area contributed by atoms with Gasteiger partial charge in [0.15, 0.2) is 0 Å². The lowest BCUT2D eigenvalue weighted by Crippen LogP contribution is -2.47. The monoisotopic (exact) mass is 466 g/mol. The van der Waals surface area contributed by atoms with E-state index >= 15 is 0 Å². The molecule has 0 saturated carbocycles. The molecule has 1 fully saturated rings. The van der Waals surface area contributed by atoms with E-state index in [1.807, 2.05) is 6.92 Å². The third-order valence-corrected chi connectivity index (χ3v) is 7.15. The van der Waals surface area contributed by atoms with Crippen LogP contribution in [0.1, 0.15) is 37.9 Å². The highest BCUT2D eigenvalue weighted by Gasteiger charge is 2.18. The first kappa shape index (κ1) is 23.4. The number of piperazine rings is 1. The Bertz CT molecular complexity index is 1070. The Morgan fingerprint density at radius 1 is 1.09 bits per heavy atom. The number of carbonyl (C=O) groups is 1. The van der Waals surface area contributed by atoms with Crippen molar-refractivity contribution < 1.29 is 9.18 Å². The number of nitrogens with zero attached hydrogens (tertiary/aromatic N) is 3. The summed E-state index contributed by atoms with van der Waals surface area (Å²) in [6, 6.07) is 15.1. The van der Waals surface area contributed by atoms with Crippen molar-refractivity contribution in [1.29, 1.82) is 0 Å². The highest BCUT2D eigenvalue weighted by Crippen LogP contribution is 2.21. The second kappa shape index (κ2) is 10.9. The van der Waals surface area contributed by atoms with E-state index in [1.54, 1.807) is 12.1 Å². The third kappa shape index (κ3) is 6.39. The van der Waals surface area contributed by atoms with Crippen molar-refractivity contribution in [2.75, 3.05) is 44.2 Å². The number of hydrogen-bond acceptors (Lipinski definition) is 5. The molecule has 33 heavy (non-hydrogen) atoms. The van der Waals surface area contributed by atoms with Gasteiger partial charge in [-0.05, 0) is 62.2 Å². The normalized spacial score (nSPS) is 14.5. The molecule has 0 spiro atoms. The molecule has 1 aromatic heterocycles. The number of aryl methyl sites for hydroxylation is 2. The van der Waals surface area contributed by atoms with Gasteiger partial charge in [-0.15, -0.1) is 11.3 Å². The SMILES string of the molecule is Cc1cccc(N2CCN(CCCNC(=O)c3sc(Cc4ccc(F)cc4)nc3C)CC2)c1. The van der Waals surface area contributed by atoms with E-state index in [0.29, 0.717) is 17.8 Å². The Kier molecular flexibility index (Phi) is 7.73. The van der Waals surface area contributed by atoms with Gasteiger partial charge in [-0.2, -0.15) is 0 Å². The number of rotatable bonds is 8. The summed E-state index contributed by atoms with van der Waals surface area (Å²) in [7, 11) is 0. The van der Waals surface area contributed by atoms with Crippen LogP contribution in [0.5, 0.6) is 0 Å². The molecular formula is C26H31FN4OS. The van der Waals surface area contributed by atoms with E-state index in [4.69, 9.17) is 0 Å². The molecule has 174 valence electrons. The van der Waals surface area contributed by atoms with Crippen LogP contribution in [0, 0.1) is 19.7 Å². The number of benzene rings is 2. The molecule has 0 bridgehead atoms. The first-order valence-corrected chi connectivity index (χ1v) is 12.3. The van der Waals surface area contributed by atoms with Crippen molar-refractivity contribution in [3.05, 3.63) is 81.1 Å². The van der Waals surface area contributed by atoms with E-state index in [0.717, 1.165) is 55.4 Å². The average Bonchev–Trinajstić information content (AvgIpc) is 3.18. The fraction of sp³-hybridized carbons (Fsp3) is 0.385. The zero-order chi connectivity index (χ0) is 23.2. The molecule has 2 heterocycles. The van der Waals surface area contributed by atoms with Crippen LogP contribution in [0.2, 0.25) is 0 Å². The molecule has 4 rings (SSSR count). The first-order chi connectivity index (χ1) is 16.0. The lowest BCUT2D eigenvalue weighted by atomic mass is 10.1. The van der Waals surface area contributed by atoms with Crippen LogP contribution in [-0.4, -0.2) is 55.1 Å². The summed E-state index contributed by atoms with van der Waals surface area (Å²) in [5, 5.41) is 3.92. The lowest BCUT2D eigenvalue weighted by Gasteiger charge is -2.36. The van der Waals surface area contributed by atoms with Gasteiger partial charge in [-0.1, -0.05) is 24.3 Å². The van der Waals surface area contributed by atoms with Crippen molar-refractivity contribution >= 4 is 22.9 Å². The Labute approximate surface area is 199 Å². The summed E-state index contributed by atoms with van der Waals surface area (Å²) in [6.07, 6.45) is 1.53. The highest BCUT2D eigenvalue weighted by atomic mass is 32.1. The van der Waals surface area contributed by atoms with Crippen molar-refractivity contribution in [2.45, 2.75) is 26.7 Å². The summed E-state index contributed by atoms with van der Waals surface area (Å²) >= 11 is 1.42. The quantitative estimate of drug-likeness (QED) is 0.499. The maximum absolute atomic E-state index is 13.1. The Hall–Kier alpha value is -2.77. The molecule has 0 aliphatic carbocycles. The van der Waals surface area contributed by atoms with Crippen LogP contribution < -0.4 is 10.2 Å². The van der Waals surface area contributed by atoms with Gasteiger partial charge >= 0.3 is 0 Å². The van der Waals surface area contributed by atoms with Crippen molar-refractivity contribution in [1.82, 2.24) is 15.2 Å². The minimum atomic E-state index is -0.248. The second-order valence-electron chi connectivity index (χ2n) is 8.60. The van der Waals surface area contributed by atoms with Crippen LogP contribution >= 0.6 is 11.3 Å². The van der Waals surface area contributed by atoms with Gasteiger partial charge in [0, 0.05) is 44.8 Å². The molecule has 1 saturated heterocycles. The number of hydrogen-bond donors (Lipinski definition) is 1. The molecule has 3 aromatic rings. The largest absolute Gasteiger partial charge is 0.369 e. The second-order valence-corrected chi connectivity index (χ2v) is 9.69. The van der Waals surface area contributed by atoms with E-state index in [9.17, 15) is 9.18 Å². The van der Waals surface area contributed by atoms with Crippen LogP contribution in [0.4, 0.5) is 10.1 Å². The smallest absolute Gasteiger partial charge is 0.263 e. The predicted octanol–water partition coefficient (Wildman–Crippen LogP) is 4.43. The molecule has 7 heteroatoms. The van der Waals surface area contributed by atoms with E-state index < -0.39 is 0 Å². The highest BCUT2D eigenvalue weighted by molar-refractivity contribution is 7.13. The summed E-state index contributed by atoms with van der Waals surface area (Å²) < 4.78 is 13.1. The maximum atomic E-state index is 13.1. The van der Waals surface area contributed by atoms with Gasteiger partial charge in [0.1, 0.15) is 10.7 Å². The van der Waals surface area contributed by atoms with Crippen LogP contribution in [0.3, 0.4) is 0 Å². The van der Waals surface area contributed by atoms with Gasteiger partial charge in [0.25, 0.3) is 5.91 Å². The molecule has 0 radical (unpaired) electrons. The van der Waals surface area contributed by atoms with Crippen LogP contribution in [-0.2, 0) is 6.42 Å². The fourth-order valence-corrected chi connectivity index (χ4v) is 5.17. The van der Waals surface area contributed by atoms with Crippen molar-refractivity contribution in [3.8, 4) is 0 Å². The van der Waals surface area contributed by atoms with Crippen LogP contribution in [0.25, 0.3) is 0 Å². The predicted molar refractivity (Wildman–Crippen MR) is 133 cm³/mol. The Balaban J connectivity index is 1.19. The minimum Gasteiger partial charge on any atom is -0.369 e. The fourth-order valence-electron chi connectivity index (χ4n) is 4.15. The number of anilines is 1. The number of carbonyl (C=O) groups excluding carboxylic acids is 1. The topological polar surface area (TPSA) is 48.5 Å². The lowest BCUT2D eigenvalue weighted by molar-refractivity contribution is 0.0954. The summed E-state index contributed by atoms with van der Waals surface area (Å²) in [5.41, 5.74) is 4.34. The molecule has 1 aliphatic rings. The number of amides is 1. The molecule has 0 unspecified atom stereocenters. The van der Waals surface area contributed by atoms with Crippen molar-refractivity contribution in [3.63, 3.8) is 0 Å². The van der Waals surface area contributed by atoms with E-state index in [1.165, 1.54) is 34.7 Å². The zero-order valence-corrected chi connectivity index (χ0v) is 20.1. The van der Waals surface area contributed by atoms with Gasteiger partial charge in [-0.25, -0.2) is 9.37 Å². The number of nitrogens with one attached hydrogen (secondary N) is 1.